The van der Waals surface area contributed by atoms with Crippen LogP contribution in [0.25, 0.3) is 0 Å². The summed E-state index contributed by atoms with van der Waals surface area (Å²) in [6.45, 7) is 4.77. The molecule has 1 aliphatic carbocycles. The monoisotopic (exact) mass is 271 g/mol. The summed E-state index contributed by atoms with van der Waals surface area (Å²) >= 11 is 0. The lowest BCUT2D eigenvalue weighted by atomic mass is 9.94. The molecule has 1 unspecified atom stereocenters. The van der Waals surface area contributed by atoms with Crippen molar-refractivity contribution in [2.24, 2.45) is 0 Å². The minimum Gasteiger partial charge on any atom is -0.465 e. The first kappa shape index (κ1) is 16.4. The predicted molar refractivity (Wildman–Crippen MR) is 76.0 cm³/mol. The first-order valence-electron chi connectivity index (χ1n) is 7.73. The van der Waals surface area contributed by atoms with Crippen molar-refractivity contribution in [1.82, 2.24) is 5.32 Å². The van der Waals surface area contributed by atoms with Gasteiger partial charge in [0, 0.05) is 6.54 Å². The molecule has 4 heteroatoms. The maximum absolute atomic E-state index is 11.8. The zero-order valence-corrected chi connectivity index (χ0v) is 12.4. The fourth-order valence-electron chi connectivity index (χ4n) is 2.71. The summed E-state index contributed by atoms with van der Waals surface area (Å²) in [5.41, 5.74) is -0.644. The number of rotatable bonds is 7. The van der Waals surface area contributed by atoms with Gasteiger partial charge < -0.3 is 15.2 Å². The molecule has 0 bridgehead atoms. The van der Waals surface area contributed by atoms with Crippen molar-refractivity contribution < 1.29 is 14.6 Å². The van der Waals surface area contributed by atoms with Crippen LogP contribution >= 0.6 is 0 Å². The van der Waals surface area contributed by atoms with E-state index in [1.807, 2.05) is 13.8 Å². The fraction of sp³-hybridized carbons (Fsp3) is 0.933. The Labute approximate surface area is 116 Å². The van der Waals surface area contributed by atoms with E-state index in [1.54, 1.807) is 0 Å². The molecule has 0 radical (unpaired) electrons. The van der Waals surface area contributed by atoms with Crippen LogP contribution in [0.15, 0.2) is 0 Å². The third kappa shape index (κ3) is 5.91. The SMILES string of the molecule is CCCC(NCC1(O)CCCCCC1)C(=O)OCC. The predicted octanol–water partition coefficient (Wildman–Crippen LogP) is 2.39. The van der Waals surface area contributed by atoms with Gasteiger partial charge in [-0.1, -0.05) is 39.0 Å². The standard InChI is InChI=1S/C15H29NO3/c1-3-9-13(14(17)19-4-2)16-12-15(18)10-7-5-6-8-11-15/h13,16,18H,3-12H2,1-2H3. The van der Waals surface area contributed by atoms with E-state index in [4.69, 9.17) is 4.74 Å². The zero-order valence-electron chi connectivity index (χ0n) is 12.4. The van der Waals surface area contributed by atoms with Crippen molar-refractivity contribution in [3.05, 3.63) is 0 Å². The number of nitrogens with one attached hydrogen (secondary N) is 1. The lowest BCUT2D eigenvalue weighted by molar-refractivity contribution is -0.146. The van der Waals surface area contributed by atoms with Crippen LogP contribution in [0.5, 0.6) is 0 Å². The third-order valence-electron chi connectivity index (χ3n) is 3.86. The van der Waals surface area contributed by atoms with Crippen LogP contribution < -0.4 is 5.32 Å². The van der Waals surface area contributed by atoms with E-state index in [1.165, 1.54) is 12.8 Å². The quantitative estimate of drug-likeness (QED) is 0.551. The number of carbonyl (C=O) groups excluding carboxylic acids is 1. The Kier molecular flexibility index (Phi) is 7.39. The fourth-order valence-corrected chi connectivity index (χ4v) is 2.71. The van der Waals surface area contributed by atoms with Gasteiger partial charge >= 0.3 is 5.97 Å². The molecule has 0 saturated heterocycles. The lowest BCUT2D eigenvalue weighted by Gasteiger charge is -2.29. The third-order valence-corrected chi connectivity index (χ3v) is 3.86. The molecule has 1 rings (SSSR count). The van der Waals surface area contributed by atoms with Crippen LogP contribution in [0, 0.1) is 0 Å². The number of hydrogen-bond acceptors (Lipinski definition) is 4. The van der Waals surface area contributed by atoms with Gasteiger partial charge in [-0.2, -0.15) is 0 Å². The minimum atomic E-state index is -0.644. The average molecular weight is 271 g/mol. The molecule has 2 N–H and O–H groups in total. The Balaban J connectivity index is 2.47. The van der Waals surface area contributed by atoms with Crippen molar-refractivity contribution in [2.75, 3.05) is 13.2 Å². The summed E-state index contributed by atoms with van der Waals surface area (Å²) in [5, 5.41) is 13.8. The summed E-state index contributed by atoms with van der Waals surface area (Å²) in [6, 6.07) is -0.280. The maximum Gasteiger partial charge on any atom is 0.323 e. The normalized spacial score (nSPS) is 20.6. The Morgan fingerprint density at radius 1 is 1.26 bits per heavy atom. The van der Waals surface area contributed by atoms with E-state index in [2.05, 4.69) is 5.32 Å². The molecule has 112 valence electrons. The Hall–Kier alpha value is -0.610. The molecule has 4 nitrogen and oxygen atoms in total. The van der Waals surface area contributed by atoms with E-state index >= 15 is 0 Å². The van der Waals surface area contributed by atoms with Crippen molar-refractivity contribution >= 4 is 5.97 Å². The highest BCUT2D eigenvalue weighted by Crippen LogP contribution is 2.26. The second-order valence-electron chi connectivity index (χ2n) is 5.61. The topological polar surface area (TPSA) is 58.6 Å². The van der Waals surface area contributed by atoms with Crippen LogP contribution in [-0.2, 0) is 9.53 Å². The number of ether oxygens (including phenoxy) is 1. The second kappa shape index (κ2) is 8.54. The Bertz CT molecular complexity index is 260. The smallest absolute Gasteiger partial charge is 0.323 e. The van der Waals surface area contributed by atoms with E-state index in [-0.39, 0.29) is 12.0 Å². The summed E-state index contributed by atoms with van der Waals surface area (Å²) in [5.74, 6) is -0.193. The number of hydrogen-bond donors (Lipinski definition) is 2. The highest BCUT2D eigenvalue weighted by atomic mass is 16.5. The molecule has 0 aromatic rings. The summed E-state index contributed by atoms with van der Waals surface area (Å²) < 4.78 is 5.07. The van der Waals surface area contributed by atoms with Gasteiger partial charge in [0.1, 0.15) is 6.04 Å². The molecule has 0 aromatic heterocycles. The van der Waals surface area contributed by atoms with Crippen LogP contribution in [-0.4, -0.2) is 35.9 Å². The average Bonchev–Trinajstić information content (AvgIpc) is 2.60. The van der Waals surface area contributed by atoms with Gasteiger partial charge in [-0.3, -0.25) is 4.79 Å². The molecule has 0 spiro atoms. The molecular weight excluding hydrogens is 242 g/mol. The van der Waals surface area contributed by atoms with E-state index in [9.17, 15) is 9.90 Å². The zero-order chi connectivity index (χ0) is 14.1. The molecule has 1 fully saturated rings. The molecule has 19 heavy (non-hydrogen) atoms. The van der Waals surface area contributed by atoms with Gasteiger partial charge in [-0.05, 0) is 26.2 Å². The molecule has 0 heterocycles. The molecule has 1 atom stereocenters. The highest BCUT2D eigenvalue weighted by molar-refractivity contribution is 5.75. The Morgan fingerprint density at radius 2 is 1.89 bits per heavy atom. The van der Waals surface area contributed by atoms with Crippen LogP contribution in [0.4, 0.5) is 0 Å². The number of aliphatic hydroxyl groups is 1. The van der Waals surface area contributed by atoms with Gasteiger partial charge in [0.05, 0.1) is 12.2 Å². The van der Waals surface area contributed by atoms with Gasteiger partial charge in [0.2, 0.25) is 0 Å². The van der Waals surface area contributed by atoms with Crippen LogP contribution in [0.1, 0.15) is 65.2 Å². The second-order valence-corrected chi connectivity index (χ2v) is 5.61. The van der Waals surface area contributed by atoms with Crippen LogP contribution in [0.2, 0.25) is 0 Å². The van der Waals surface area contributed by atoms with E-state index in [0.29, 0.717) is 13.2 Å². The maximum atomic E-state index is 11.8. The highest BCUT2D eigenvalue weighted by Gasteiger charge is 2.30. The minimum absolute atomic E-state index is 0.193. The molecule has 0 aromatic carbocycles. The first-order valence-corrected chi connectivity index (χ1v) is 7.73. The van der Waals surface area contributed by atoms with Crippen molar-refractivity contribution in [1.29, 1.82) is 0 Å². The van der Waals surface area contributed by atoms with Gasteiger partial charge in [-0.15, -0.1) is 0 Å². The van der Waals surface area contributed by atoms with Crippen LogP contribution in [0.3, 0.4) is 0 Å². The summed E-state index contributed by atoms with van der Waals surface area (Å²) in [7, 11) is 0. The van der Waals surface area contributed by atoms with Crippen molar-refractivity contribution in [3.8, 4) is 0 Å². The summed E-state index contributed by atoms with van der Waals surface area (Å²) in [6.07, 6.45) is 7.93. The first-order chi connectivity index (χ1) is 9.11. The molecule has 1 saturated carbocycles. The largest absolute Gasteiger partial charge is 0.465 e. The van der Waals surface area contributed by atoms with Gasteiger partial charge in [-0.25, -0.2) is 0 Å². The molecule has 0 amide bonds. The number of esters is 1. The lowest BCUT2D eigenvalue weighted by Crippen LogP contribution is -2.47. The molecule has 1 aliphatic rings. The van der Waals surface area contributed by atoms with Gasteiger partial charge in [0.25, 0.3) is 0 Å². The molecular formula is C15H29NO3. The Morgan fingerprint density at radius 3 is 2.42 bits per heavy atom. The van der Waals surface area contributed by atoms with Crippen molar-refractivity contribution in [3.63, 3.8) is 0 Å². The van der Waals surface area contributed by atoms with E-state index in [0.717, 1.165) is 38.5 Å². The van der Waals surface area contributed by atoms with Crippen molar-refractivity contribution in [2.45, 2.75) is 76.9 Å². The number of carbonyl (C=O) groups is 1. The van der Waals surface area contributed by atoms with E-state index < -0.39 is 5.60 Å². The molecule has 0 aliphatic heterocycles. The summed E-state index contributed by atoms with van der Waals surface area (Å²) in [4.78, 5) is 11.8. The van der Waals surface area contributed by atoms with Gasteiger partial charge in [0.15, 0.2) is 0 Å².